The van der Waals surface area contributed by atoms with Crippen molar-refractivity contribution in [3.05, 3.63) is 80.5 Å². The molecule has 3 rings (SSSR count). The van der Waals surface area contributed by atoms with Crippen LogP contribution in [0.5, 0.6) is 5.88 Å². The van der Waals surface area contributed by atoms with Crippen molar-refractivity contribution in [2.75, 3.05) is 0 Å². The van der Waals surface area contributed by atoms with Crippen LogP contribution in [0.1, 0.15) is 39.5 Å². The second-order valence-corrected chi connectivity index (χ2v) is 7.03. The number of halogens is 2. The summed E-state index contributed by atoms with van der Waals surface area (Å²) >= 11 is 12.7. The van der Waals surface area contributed by atoms with Gasteiger partial charge in [-0.15, -0.1) is 0 Å². The van der Waals surface area contributed by atoms with E-state index in [2.05, 4.69) is 5.10 Å². The van der Waals surface area contributed by atoms with E-state index < -0.39 is 0 Å². The van der Waals surface area contributed by atoms with Crippen LogP contribution < -0.4 is 4.74 Å². The molecule has 0 amide bonds. The predicted octanol–water partition coefficient (Wildman–Crippen LogP) is 5.64. The molecule has 1 aromatic heterocycles. The minimum atomic E-state index is -0.231. The molecule has 0 radical (unpaired) electrons. The second kappa shape index (κ2) is 8.15. The van der Waals surface area contributed by atoms with Crippen molar-refractivity contribution in [1.29, 1.82) is 0 Å². The van der Waals surface area contributed by atoms with Gasteiger partial charge in [-0.3, -0.25) is 4.79 Å². The van der Waals surface area contributed by atoms with E-state index in [4.69, 9.17) is 27.9 Å². The van der Waals surface area contributed by atoms with Gasteiger partial charge >= 0.3 is 0 Å². The van der Waals surface area contributed by atoms with Crippen molar-refractivity contribution in [2.24, 2.45) is 0 Å². The number of carbonyl (C=O) groups excluding carboxylic acids is 1. The van der Waals surface area contributed by atoms with Crippen LogP contribution in [0, 0.1) is 13.8 Å². The number of carbonyl (C=O) groups is 1. The molecular formula is C21H20Cl2N2O2. The monoisotopic (exact) mass is 402 g/mol. The lowest BCUT2D eigenvalue weighted by atomic mass is 10.0. The fourth-order valence-corrected chi connectivity index (χ4v) is 3.31. The van der Waals surface area contributed by atoms with Crippen LogP contribution >= 0.6 is 23.2 Å². The molecule has 0 atom stereocenters. The summed E-state index contributed by atoms with van der Waals surface area (Å²) in [6.07, 6.45) is 1.53. The third-order valence-electron chi connectivity index (χ3n) is 4.40. The van der Waals surface area contributed by atoms with Crippen LogP contribution in [0.4, 0.5) is 0 Å². The van der Waals surface area contributed by atoms with Gasteiger partial charge < -0.3 is 4.74 Å². The third-order valence-corrected chi connectivity index (χ3v) is 5.47. The number of hydrogen-bond acceptors (Lipinski definition) is 3. The van der Waals surface area contributed by atoms with Crippen LogP contribution in [0.3, 0.4) is 0 Å². The average molecular weight is 403 g/mol. The zero-order valence-electron chi connectivity index (χ0n) is 15.4. The smallest absolute Gasteiger partial charge is 0.223 e. The standard InChI is InChI=1S/C21H20Cl2N2O2/c1-4-25-21(27-12-15-8-6-5-7-9-15)17(11-24-25)20(26)16-10-13(2)18(22)14(3)19(16)23/h5-11H,4,12H2,1-3H3. The Morgan fingerprint density at radius 2 is 1.81 bits per heavy atom. The number of nitrogens with zero attached hydrogens (tertiary/aromatic N) is 2. The molecule has 140 valence electrons. The van der Waals surface area contributed by atoms with Crippen molar-refractivity contribution in [2.45, 2.75) is 33.9 Å². The Kier molecular flexibility index (Phi) is 5.88. The number of rotatable bonds is 6. The highest BCUT2D eigenvalue weighted by molar-refractivity contribution is 6.39. The molecule has 0 saturated heterocycles. The van der Waals surface area contributed by atoms with Gasteiger partial charge in [0.05, 0.1) is 11.2 Å². The van der Waals surface area contributed by atoms with Crippen LogP contribution in [-0.4, -0.2) is 15.6 Å². The molecule has 6 heteroatoms. The Balaban J connectivity index is 1.97. The lowest BCUT2D eigenvalue weighted by Gasteiger charge is -2.12. The number of ketones is 1. The normalized spacial score (nSPS) is 10.9. The maximum absolute atomic E-state index is 13.2. The fourth-order valence-electron chi connectivity index (χ4n) is 2.88. The topological polar surface area (TPSA) is 44.1 Å². The third kappa shape index (κ3) is 3.87. The zero-order chi connectivity index (χ0) is 19.6. The van der Waals surface area contributed by atoms with Crippen molar-refractivity contribution in [1.82, 2.24) is 9.78 Å². The first kappa shape index (κ1) is 19.5. The van der Waals surface area contributed by atoms with Gasteiger partial charge in [0.25, 0.3) is 0 Å². The quantitative estimate of drug-likeness (QED) is 0.501. The number of hydrogen-bond donors (Lipinski definition) is 0. The van der Waals surface area contributed by atoms with Gasteiger partial charge in [0.15, 0.2) is 0 Å². The molecule has 2 aromatic carbocycles. The van der Waals surface area contributed by atoms with Gasteiger partial charge in [0.1, 0.15) is 12.2 Å². The highest BCUT2D eigenvalue weighted by atomic mass is 35.5. The summed E-state index contributed by atoms with van der Waals surface area (Å²) in [7, 11) is 0. The minimum Gasteiger partial charge on any atom is -0.472 e. The maximum atomic E-state index is 13.2. The number of aryl methyl sites for hydroxylation is 2. The van der Waals surface area contributed by atoms with Gasteiger partial charge in [-0.05, 0) is 43.5 Å². The number of ether oxygens (including phenoxy) is 1. The van der Waals surface area contributed by atoms with Crippen molar-refractivity contribution in [3.8, 4) is 5.88 Å². The highest BCUT2D eigenvalue weighted by Gasteiger charge is 2.24. The Morgan fingerprint density at radius 1 is 1.11 bits per heavy atom. The van der Waals surface area contributed by atoms with Crippen molar-refractivity contribution < 1.29 is 9.53 Å². The molecule has 3 aromatic rings. The van der Waals surface area contributed by atoms with Crippen LogP contribution in [0.15, 0.2) is 42.6 Å². The molecule has 27 heavy (non-hydrogen) atoms. The first-order chi connectivity index (χ1) is 12.9. The number of aromatic nitrogens is 2. The molecule has 0 unspecified atom stereocenters. The largest absolute Gasteiger partial charge is 0.472 e. The SMILES string of the molecule is CCn1ncc(C(=O)c2cc(C)c(Cl)c(C)c2Cl)c1OCc1ccccc1. The molecule has 1 heterocycles. The second-order valence-electron chi connectivity index (χ2n) is 6.28. The summed E-state index contributed by atoms with van der Waals surface area (Å²) in [6, 6.07) is 11.5. The summed E-state index contributed by atoms with van der Waals surface area (Å²) in [4.78, 5) is 13.2. The Morgan fingerprint density at radius 3 is 2.48 bits per heavy atom. The molecule has 0 aliphatic carbocycles. The lowest BCUT2D eigenvalue weighted by Crippen LogP contribution is -2.09. The molecule has 0 aliphatic rings. The Hall–Kier alpha value is -2.30. The summed E-state index contributed by atoms with van der Waals surface area (Å²) in [5.41, 5.74) is 3.29. The fraction of sp³-hybridized carbons (Fsp3) is 0.238. The van der Waals surface area contributed by atoms with E-state index in [0.717, 1.165) is 11.1 Å². The summed E-state index contributed by atoms with van der Waals surface area (Å²) in [5.74, 6) is 0.207. The summed E-state index contributed by atoms with van der Waals surface area (Å²) in [6.45, 7) is 6.53. The molecular weight excluding hydrogens is 383 g/mol. The molecule has 0 saturated carbocycles. The zero-order valence-corrected chi connectivity index (χ0v) is 16.9. The van der Waals surface area contributed by atoms with Gasteiger partial charge in [-0.1, -0.05) is 53.5 Å². The van der Waals surface area contributed by atoms with Crippen LogP contribution in [0.25, 0.3) is 0 Å². The average Bonchev–Trinajstić information content (AvgIpc) is 3.10. The lowest BCUT2D eigenvalue weighted by molar-refractivity contribution is 0.103. The van der Waals surface area contributed by atoms with E-state index in [1.54, 1.807) is 17.7 Å². The molecule has 0 N–H and O–H groups in total. The maximum Gasteiger partial charge on any atom is 0.223 e. The van der Waals surface area contributed by atoms with Gasteiger partial charge in [0, 0.05) is 17.1 Å². The van der Waals surface area contributed by atoms with Crippen molar-refractivity contribution in [3.63, 3.8) is 0 Å². The predicted molar refractivity (Wildman–Crippen MR) is 108 cm³/mol. The van der Waals surface area contributed by atoms with E-state index >= 15 is 0 Å². The Labute approximate surface area is 168 Å². The van der Waals surface area contributed by atoms with E-state index in [9.17, 15) is 4.79 Å². The number of benzene rings is 2. The summed E-state index contributed by atoms with van der Waals surface area (Å²) in [5, 5.41) is 5.21. The highest BCUT2D eigenvalue weighted by Crippen LogP contribution is 2.33. The minimum absolute atomic E-state index is 0.231. The van der Waals surface area contributed by atoms with Gasteiger partial charge in [-0.25, -0.2) is 4.68 Å². The summed E-state index contributed by atoms with van der Waals surface area (Å²) < 4.78 is 7.63. The Bertz CT molecular complexity index is 982. The van der Waals surface area contributed by atoms with Gasteiger partial charge in [-0.2, -0.15) is 5.10 Å². The molecule has 0 spiro atoms. The van der Waals surface area contributed by atoms with E-state index in [1.807, 2.05) is 44.2 Å². The van der Waals surface area contributed by atoms with Crippen LogP contribution in [0.2, 0.25) is 10.0 Å². The first-order valence-electron chi connectivity index (χ1n) is 8.66. The first-order valence-corrected chi connectivity index (χ1v) is 9.42. The molecule has 0 bridgehead atoms. The van der Waals surface area contributed by atoms with Crippen LogP contribution in [-0.2, 0) is 13.2 Å². The van der Waals surface area contributed by atoms with E-state index in [0.29, 0.717) is 45.8 Å². The molecule has 0 aliphatic heterocycles. The molecule has 4 nitrogen and oxygen atoms in total. The molecule has 0 fully saturated rings. The van der Waals surface area contributed by atoms with Crippen molar-refractivity contribution >= 4 is 29.0 Å². The van der Waals surface area contributed by atoms with E-state index in [-0.39, 0.29) is 5.78 Å². The van der Waals surface area contributed by atoms with Gasteiger partial charge in [0.2, 0.25) is 11.7 Å². The van der Waals surface area contributed by atoms with E-state index in [1.165, 1.54) is 6.20 Å².